The van der Waals surface area contributed by atoms with Crippen LogP contribution in [0.15, 0.2) is 49.1 Å². The van der Waals surface area contributed by atoms with Crippen molar-refractivity contribution in [1.29, 1.82) is 0 Å². The zero-order chi connectivity index (χ0) is 11.4. The Kier molecular flexibility index (Phi) is 2.73. The average Bonchev–Trinajstić information content (AvgIpc) is 2.30. The Morgan fingerprint density at radius 1 is 1.31 bits per heavy atom. The van der Waals surface area contributed by atoms with Crippen molar-refractivity contribution < 1.29 is 14.5 Å². The van der Waals surface area contributed by atoms with Gasteiger partial charge in [0.15, 0.2) is 0 Å². The number of nitro benzene ring substituents is 1. The van der Waals surface area contributed by atoms with E-state index in [0.717, 1.165) is 0 Å². The first kappa shape index (κ1) is 10.0. The molecule has 0 aliphatic heterocycles. The fourth-order valence-electron chi connectivity index (χ4n) is 1.14. The van der Waals surface area contributed by atoms with Gasteiger partial charge < -0.3 is 0 Å². The first-order chi connectivity index (χ1) is 7.75. The predicted octanol–water partition coefficient (Wildman–Crippen LogP) is 1.12. The van der Waals surface area contributed by atoms with Crippen LogP contribution < -0.4 is 9.57 Å². The lowest BCUT2D eigenvalue weighted by Crippen LogP contribution is -2.38. The van der Waals surface area contributed by atoms with E-state index in [0.29, 0.717) is 5.75 Å². The van der Waals surface area contributed by atoms with E-state index < -0.39 is 4.92 Å². The molecule has 0 atom stereocenters. The zero-order valence-corrected chi connectivity index (χ0v) is 8.19. The highest BCUT2D eigenvalue weighted by Gasteiger charge is 2.09. The summed E-state index contributed by atoms with van der Waals surface area (Å²) in [5, 5.41) is 10.5. The molecule has 0 spiro atoms. The number of rotatable bonds is 3. The Balaban J connectivity index is 2.22. The summed E-state index contributed by atoms with van der Waals surface area (Å²) >= 11 is 0. The van der Waals surface area contributed by atoms with Crippen LogP contribution in [0.1, 0.15) is 0 Å². The van der Waals surface area contributed by atoms with Gasteiger partial charge in [-0.3, -0.25) is 15.1 Å². The molecule has 0 fully saturated rings. The fraction of sp³-hybridized carbons (Fsp3) is 0. The molecule has 2 rings (SSSR count). The summed E-state index contributed by atoms with van der Waals surface area (Å²) in [5.41, 5.74) is -0.00726. The molecular weight excluding hydrogens is 210 g/mol. The summed E-state index contributed by atoms with van der Waals surface area (Å²) in [5.74, 6) is 0.394. The topological polar surface area (TPSA) is 69.1 Å². The van der Waals surface area contributed by atoms with Gasteiger partial charge in [0.05, 0.1) is 23.4 Å². The molecule has 80 valence electrons. The van der Waals surface area contributed by atoms with Gasteiger partial charge in [-0.1, -0.05) is 6.07 Å². The van der Waals surface area contributed by atoms with Crippen LogP contribution in [0.25, 0.3) is 0 Å². The highest BCUT2D eigenvalue weighted by Crippen LogP contribution is 2.17. The molecule has 0 saturated carbocycles. The van der Waals surface area contributed by atoms with Gasteiger partial charge in [-0.2, -0.15) is 0 Å². The van der Waals surface area contributed by atoms with E-state index in [1.54, 1.807) is 36.9 Å². The molecule has 0 aliphatic rings. The third-order valence-corrected chi connectivity index (χ3v) is 1.84. The van der Waals surface area contributed by atoms with Gasteiger partial charge in [0.2, 0.25) is 18.1 Å². The molecular formula is C10H8N3O3+. The van der Waals surface area contributed by atoms with Crippen LogP contribution in [0, 0.1) is 10.1 Å². The van der Waals surface area contributed by atoms with Gasteiger partial charge in [-0.05, 0) is 6.07 Å². The molecule has 0 aliphatic carbocycles. The maximum atomic E-state index is 10.5. The largest absolute Gasteiger partial charge is 0.273 e. The van der Waals surface area contributed by atoms with E-state index in [1.165, 1.54) is 16.9 Å². The Morgan fingerprint density at radius 2 is 2.06 bits per heavy atom. The van der Waals surface area contributed by atoms with Crippen LogP contribution in [-0.4, -0.2) is 9.91 Å². The number of benzene rings is 1. The quantitative estimate of drug-likeness (QED) is 0.439. The molecule has 0 amide bonds. The summed E-state index contributed by atoms with van der Waals surface area (Å²) in [6.45, 7) is 0. The lowest BCUT2D eigenvalue weighted by Gasteiger charge is -1.96. The van der Waals surface area contributed by atoms with Crippen molar-refractivity contribution in [2.24, 2.45) is 0 Å². The standard InChI is InChI=1S/C10H8N3O3/c14-13(15)9-2-1-3-10(8-9)16-12-6-4-11-5-7-12/h1-8H/q+1. The first-order valence-electron chi connectivity index (χ1n) is 4.50. The van der Waals surface area contributed by atoms with Gasteiger partial charge in [0, 0.05) is 10.8 Å². The summed E-state index contributed by atoms with van der Waals surface area (Å²) in [4.78, 5) is 19.2. The van der Waals surface area contributed by atoms with Gasteiger partial charge in [-0.25, -0.2) is 4.84 Å². The van der Waals surface area contributed by atoms with Crippen molar-refractivity contribution in [2.45, 2.75) is 0 Å². The second-order valence-electron chi connectivity index (χ2n) is 2.95. The molecule has 1 heterocycles. The second kappa shape index (κ2) is 4.35. The fourth-order valence-corrected chi connectivity index (χ4v) is 1.14. The van der Waals surface area contributed by atoms with Gasteiger partial charge in [-0.15, -0.1) is 0 Å². The number of nitrogens with zero attached hydrogens (tertiary/aromatic N) is 3. The van der Waals surface area contributed by atoms with Crippen molar-refractivity contribution in [3.63, 3.8) is 0 Å². The molecule has 2 aromatic rings. The molecule has 0 radical (unpaired) electrons. The molecule has 6 heteroatoms. The lowest BCUT2D eigenvalue weighted by molar-refractivity contribution is -0.875. The number of nitro groups is 1. The molecule has 16 heavy (non-hydrogen) atoms. The first-order valence-corrected chi connectivity index (χ1v) is 4.50. The summed E-state index contributed by atoms with van der Waals surface area (Å²) < 4.78 is 1.41. The van der Waals surface area contributed by atoms with Crippen molar-refractivity contribution >= 4 is 5.69 Å². The maximum Gasteiger partial charge on any atom is 0.273 e. The van der Waals surface area contributed by atoms with Crippen LogP contribution in [-0.2, 0) is 0 Å². The van der Waals surface area contributed by atoms with Gasteiger partial charge in [0.25, 0.3) is 5.69 Å². The van der Waals surface area contributed by atoms with Gasteiger partial charge >= 0.3 is 0 Å². The third kappa shape index (κ3) is 2.30. The summed E-state index contributed by atoms with van der Waals surface area (Å²) in [6, 6.07) is 5.97. The second-order valence-corrected chi connectivity index (χ2v) is 2.95. The van der Waals surface area contributed by atoms with Crippen LogP contribution in [0.5, 0.6) is 5.75 Å². The minimum absolute atomic E-state index is 0.00726. The molecule has 1 aromatic heterocycles. The van der Waals surface area contributed by atoms with E-state index in [-0.39, 0.29) is 5.69 Å². The van der Waals surface area contributed by atoms with Gasteiger partial charge in [0.1, 0.15) is 0 Å². The maximum absolute atomic E-state index is 10.5. The monoisotopic (exact) mass is 218 g/mol. The number of hydrogen-bond donors (Lipinski definition) is 0. The Morgan fingerprint density at radius 3 is 2.75 bits per heavy atom. The van der Waals surface area contributed by atoms with E-state index in [4.69, 9.17) is 4.84 Å². The highest BCUT2D eigenvalue weighted by molar-refractivity contribution is 5.37. The highest BCUT2D eigenvalue weighted by atomic mass is 16.7. The molecule has 0 bridgehead atoms. The number of hydrogen-bond acceptors (Lipinski definition) is 4. The van der Waals surface area contributed by atoms with Crippen molar-refractivity contribution in [3.05, 3.63) is 59.2 Å². The molecule has 0 N–H and O–H groups in total. The number of aromatic nitrogens is 2. The Bertz CT molecular complexity index is 502. The van der Waals surface area contributed by atoms with Crippen LogP contribution in [0.3, 0.4) is 0 Å². The minimum atomic E-state index is -0.468. The lowest BCUT2D eigenvalue weighted by atomic mass is 10.3. The summed E-state index contributed by atoms with van der Waals surface area (Å²) in [6.07, 6.45) is 6.30. The van der Waals surface area contributed by atoms with E-state index in [9.17, 15) is 10.1 Å². The Hall–Kier alpha value is -2.50. The van der Waals surface area contributed by atoms with Crippen LogP contribution in [0.2, 0.25) is 0 Å². The third-order valence-electron chi connectivity index (χ3n) is 1.84. The smallest absolute Gasteiger partial charge is 0.258 e. The molecule has 0 saturated heterocycles. The van der Waals surface area contributed by atoms with Crippen molar-refractivity contribution in [1.82, 2.24) is 4.98 Å². The summed E-state index contributed by atoms with van der Waals surface area (Å²) in [7, 11) is 0. The minimum Gasteiger partial charge on any atom is -0.258 e. The van der Waals surface area contributed by atoms with E-state index >= 15 is 0 Å². The van der Waals surface area contributed by atoms with E-state index in [2.05, 4.69) is 4.98 Å². The Labute approximate surface area is 90.9 Å². The molecule has 0 unspecified atom stereocenters. The SMILES string of the molecule is O=[N+]([O-])c1cccc(O[n+]2ccncc2)c1. The van der Waals surface area contributed by atoms with Crippen LogP contribution in [0.4, 0.5) is 5.69 Å². The van der Waals surface area contributed by atoms with Crippen LogP contribution >= 0.6 is 0 Å². The number of non-ortho nitro benzene ring substituents is 1. The molecule has 6 nitrogen and oxygen atoms in total. The van der Waals surface area contributed by atoms with E-state index in [1.807, 2.05) is 0 Å². The predicted molar refractivity (Wildman–Crippen MR) is 53.6 cm³/mol. The molecule has 1 aromatic carbocycles. The van der Waals surface area contributed by atoms with Crippen molar-refractivity contribution in [2.75, 3.05) is 0 Å². The average molecular weight is 218 g/mol. The normalized spacial score (nSPS) is 9.75. The van der Waals surface area contributed by atoms with Crippen molar-refractivity contribution in [3.8, 4) is 5.75 Å². The zero-order valence-electron chi connectivity index (χ0n) is 8.19.